The van der Waals surface area contributed by atoms with E-state index in [0.717, 1.165) is 11.3 Å². The van der Waals surface area contributed by atoms with Crippen LogP contribution in [0, 0.1) is 0 Å². The Hall–Kier alpha value is -1.55. The summed E-state index contributed by atoms with van der Waals surface area (Å²) in [7, 11) is 0. The third kappa shape index (κ3) is 4.31. The minimum absolute atomic E-state index is 0.131. The highest BCUT2D eigenvalue weighted by Gasteiger charge is 1.99. The standard InChI is InChI=1S/C11H13ClN2O2/c12-7-10(13)14-9-4-1-8(2-5-9)3-6-11(15)16/h1-2,4-5H,3,6-7H2,(H2,13,14)(H,15,16). The van der Waals surface area contributed by atoms with E-state index in [2.05, 4.69) is 4.99 Å². The molecule has 0 saturated heterocycles. The van der Waals surface area contributed by atoms with Crippen molar-refractivity contribution >= 4 is 29.1 Å². The van der Waals surface area contributed by atoms with Crippen LogP contribution in [0.15, 0.2) is 29.3 Å². The molecule has 0 aromatic heterocycles. The Bertz CT molecular complexity index is 387. The van der Waals surface area contributed by atoms with Crippen LogP contribution in [0.1, 0.15) is 12.0 Å². The molecule has 1 rings (SSSR count). The van der Waals surface area contributed by atoms with E-state index in [9.17, 15) is 4.79 Å². The molecule has 1 aromatic rings. The smallest absolute Gasteiger partial charge is 0.303 e. The molecule has 0 spiro atoms. The predicted octanol–water partition coefficient (Wildman–Crippen LogP) is 1.93. The van der Waals surface area contributed by atoms with E-state index in [0.29, 0.717) is 12.3 Å². The normalized spacial score (nSPS) is 11.4. The summed E-state index contributed by atoms with van der Waals surface area (Å²) in [4.78, 5) is 14.4. The molecule has 0 fully saturated rings. The van der Waals surface area contributed by atoms with Crippen LogP contribution < -0.4 is 5.73 Å². The predicted molar refractivity (Wildman–Crippen MR) is 64.4 cm³/mol. The summed E-state index contributed by atoms with van der Waals surface area (Å²) in [6.45, 7) is 0. The maximum atomic E-state index is 10.4. The molecular weight excluding hydrogens is 228 g/mol. The molecule has 0 aliphatic rings. The Labute approximate surface area is 98.8 Å². The van der Waals surface area contributed by atoms with Gasteiger partial charge in [-0.1, -0.05) is 12.1 Å². The summed E-state index contributed by atoms with van der Waals surface area (Å²) >= 11 is 5.50. The van der Waals surface area contributed by atoms with Crippen molar-refractivity contribution in [2.75, 3.05) is 5.88 Å². The molecule has 0 bridgehead atoms. The highest BCUT2D eigenvalue weighted by Crippen LogP contribution is 2.14. The van der Waals surface area contributed by atoms with Gasteiger partial charge >= 0.3 is 5.97 Å². The fourth-order valence-electron chi connectivity index (χ4n) is 1.18. The van der Waals surface area contributed by atoms with Gasteiger partial charge in [0.2, 0.25) is 0 Å². The summed E-state index contributed by atoms with van der Waals surface area (Å²) in [5.74, 6) is -0.241. The molecule has 0 radical (unpaired) electrons. The van der Waals surface area contributed by atoms with Gasteiger partial charge in [0.1, 0.15) is 5.84 Å². The van der Waals surface area contributed by atoms with E-state index in [1.807, 2.05) is 12.1 Å². The van der Waals surface area contributed by atoms with E-state index in [4.69, 9.17) is 22.4 Å². The van der Waals surface area contributed by atoms with E-state index < -0.39 is 5.97 Å². The summed E-state index contributed by atoms with van der Waals surface area (Å²) in [6, 6.07) is 7.25. The molecule has 0 saturated carbocycles. The summed E-state index contributed by atoms with van der Waals surface area (Å²) in [5, 5.41) is 8.53. The molecule has 0 atom stereocenters. The second-order valence-electron chi connectivity index (χ2n) is 3.30. The monoisotopic (exact) mass is 240 g/mol. The first-order chi connectivity index (χ1) is 7.61. The third-order valence-electron chi connectivity index (χ3n) is 1.97. The second-order valence-corrected chi connectivity index (χ2v) is 3.56. The summed E-state index contributed by atoms with van der Waals surface area (Å²) < 4.78 is 0. The van der Waals surface area contributed by atoms with Crippen molar-refractivity contribution in [1.82, 2.24) is 0 Å². The Balaban J connectivity index is 2.64. The van der Waals surface area contributed by atoms with Crippen molar-refractivity contribution in [2.24, 2.45) is 10.7 Å². The van der Waals surface area contributed by atoms with Crippen LogP contribution >= 0.6 is 11.6 Å². The largest absolute Gasteiger partial charge is 0.481 e. The van der Waals surface area contributed by atoms with Gasteiger partial charge in [0.25, 0.3) is 0 Å². The van der Waals surface area contributed by atoms with Crippen LogP contribution in [0.5, 0.6) is 0 Å². The number of nitrogens with zero attached hydrogens (tertiary/aromatic N) is 1. The van der Waals surface area contributed by atoms with Crippen LogP contribution in [0.3, 0.4) is 0 Å². The number of nitrogens with two attached hydrogens (primary N) is 1. The summed E-state index contributed by atoms with van der Waals surface area (Å²) in [6.07, 6.45) is 0.650. The maximum Gasteiger partial charge on any atom is 0.303 e. The van der Waals surface area contributed by atoms with E-state index >= 15 is 0 Å². The van der Waals surface area contributed by atoms with Gasteiger partial charge in [-0.25, -0.2) is 4.99 Å². The van der Waals surface area contributed by atoms with E-state index in [1.165, 1.54) is 0 Å². The number of hydrogen-bond donors (Lipinski definition) is 2. The van der Waals surface area contributed by atoms with Gasteiger partial charge in [0.15, 0.2) is 0 Å². The van der Waals surface area contributed by atoms with Crippen molar-refractivity contribution in [3.05, 3.63) is 29.8 Å². The number of aliphatic carboxylic acids is 1. The number of aryl methyl sites for hydroxylation is 1. The van der Waals surface area contributed by atoms with Crippen LogP contribution in [0.4, 0.5) is 5.69 Å². The lowest BCUT2D eigenvalue weighted by Crippen LogP contribution is -2.12. The number of carboxylic acid groups (broad SMARTS) is 1. The molecule has 0 unspecified atom stereocenters. The molecule has 4 nitrogen and oxygen atoms in total. The average Bonchev–Trinajstić information content (AvgIpc) is 2.28. The van der Waals surface area contributed by atoms with Gasteiger partial charge in [-0.15, -0.1) is 11.6 Å². The Kier molecular flexibility index (Phi) is 4.79. The van der Waals surface area contributed by atoms with Crippen LogP contribution in [0.25, 0.3) is 0 Å². The van der Waals surface area contributed by atoms with Gasteiger partial charge in [-0.2, -0.15) is 0 Å². The number of halogens is 1. The molecule has 0 amide bonds. The van der Waals surface area contributed by atoms with Gasteiger partial charge in [-0.3, -0.25) is 4.79 Å². The Morgan fingerprint density at radius 1 is 1.38 bits per heavy atom. The first-order valence-corrected chi connectivity index (χ1v) is 5.35. The Morgan fingerprint density at radius 2 is 2.00 bits per heavy atom. The first kappa shape index (κ1) is 12.5. The van der Waals surface area contributed by atoms with Gasteiger partial charge in [0, 0.05) is 6.42 Å². The zero-order valence-corrected chi connectivity index (χ0v) is 9.44. The van der Waals surface area contributed by atoms with Crippen molar-refractivity contribution < 1.29 is 9.90 Å². The number of rotatable bonds is 5. The van der Waals surface area contributed by atoms with E-state index in [1.54, 1.807) is 12.1 Å². The fraction of sp³-hybridized carbons (Fsp3) is 0.273. The number of carboxylic acids is 1. The second kappa shape index (κ2) is 6.12. The number of aliphatic imine (C=N–C) groups is 1. The quantitative estimate of drug-likeness (QED) is 0.469. The first-order valence-electron chi connectivity index (χ1n) is 4.81. The minimum atomic E-state index is -0.798. The lowest BCUT2D eigenvalue weighted by molar-refractivity contribution is -0.136. The number of benzene rings is 1. The maximum absolute atomic E-state index is 10.4. The van der Waals surface area contributed by atoms with Crippen LogP contribution in [-0.2, 0) is 11.2 Å². The number of carbonyl (C=O) groups is 1. The number of alkyl halides is 1. The van der Waals surface area contributed by atoms with Gasteiger partial charge in [0.05, 0.1) is 11.6 Å². The molecule has 0 aliphatic carbocycles. The molecule has 1 aromatic carbocycles. The minimum Gasteiger partial charge on any atom is -0.481 e. The fourth-order valence-corrected chi connectivity index (χ4v) is 1.24. The third-order valence-corrected chi connectivity index (χ3v) is 2.25. The lowest BCUT2D eigenvalue weighted by Gasteiger charge is -2.00. The molecule has 0 heterocycles. The van der Waals surface area contributed by atoms with Crippen molar-refractivity contribution in [3.8, 4) is 0 Å². The topological polar surface area (TPSA) is 75.7 Å². The molecule has 5 heteroatoms. The highest BCUT2D eigenvalue weighted by atomic mass is 35.5. The average molecular weight is 241 g/mol. The van der Waals surface area contributed by atoms with Crippen molar-refractivity contribution in [2.45, 2.75) is 12.8 Å². The molecular formula is C11H13ClN2O2. The number of amidine groups is 1. The SMILES string of the molecule is NC(CCl)=Nc1ccc(CCC(=O)O)cc1. The molecule has 0 aliphatic heterocycles. The molecule has 3 N–H and O–H groups in total. The zero-order chi connectivity index (χ0) is 12.0. The van der Waals surface area contributed by atoms with Crippen LogP contribution in [-0.4, -0.2) is 22.8 Å². The van der Waals surface area contributed by atoms with Crippen LogP contribution in [0.2, 0.25) is 0 Å². The summed E-state index contributed by atoms with van der Waals surface area (Å²) in [5.41, 5.74) is 7.17. The molecule has 16 heavy (non-hydrogen) atoms. The molecule has 86 valence electrons. The van der Waals surface area contributed by atoms with Crippen molar-refractivity contribution in [1.29, 1.82) is 0 Å². The lowest BCUT2D eigenvalue weighted by atomic mass is 10.1. The number of hydrogen-bond acceptors (Lipinski definition) is 2. The Morgan fingerprint density at radius 3 is 2.50 bits per heavy atom. The van der Waals surface area contributed by atoms with Gasteiger partial charge < -0.3 is 10.8 Å². The highest BCUT2D eigenvalue weighted by molar-refractivity contribution is 6.28. The van der Waals surface area contributed by atoms with Gasteiger partial charge in [-0.05, 0) is 24.1 Å². The van der Waals surface area contributed by atoms with Crippen molar-refractivity contribution in [3.63, 3.8) is 0 Å². The van der Waals surface area contributed by atoms with E-state index in [-0.39, 0.29) is 12.3 Å². The zero-order valence-electron chi connectivity index (χ0n) is 8.69.